The summed E-state index contributed by atoms with van der Waals surface area (Å²) in [5.41, 5.74) is 0. The lowest BCUT2D eigenvalue weighted by atomic mass is 10.4. The first-order chi connectivity index (χ1) is 8.13. The lowest BCUT2D eigenvalue weighted by Crippen LogP contribution is -2.26. The lowest BCUT2D eigenvalue weighted by molar-refractivity contribution is -0.394. The number of hydrogen-bond acceptors (Lipinski definition) is 6. The molecule has 0 bridgehead atoms. The number of nitro groups is 1. The molecule has 8 nitrogen and oxygen atoms in total. The van der Waals surface area contributed by atoms with Crippen LogP contribution in [0.1, 0.15) is 6.42 Å². The summed E-state index contributed by atoms with van der Waals surface area (Å²) >= 11 is 1.65. The fourth-order valence-electron chi connectivity index (χ4n) is 1.07. The van der Waals surface area contributed by atoms with Gasteiger partial charge in [0.1, 0.15) is 0 Å². The van der Waals surface area contributed by atoms with Gasteiger partial charge in [-0.05, 0) is 11.2 Å². The van der Waals surface area contributed by atoms with E-state index >= 15 is 0 Å². The number of hydrogen-bond donors (Lipinski definition) is 1. The lowest BCUT2D eigenvalue weighted by Gasteiger charge is -2.02. The summed E-state index contributed by atoms with van der Waals surface area (Å²) in [4.78, 5) is 24.4. The summed E-state index contributed by atoms with van der Waals surface area (Å²) in [5, 5.41) is 16.6. The normalized spacial score (nSPS) is 10.2. The van der Waals surface area contributed by atoms with Crippen LogP contribution in [0.15, 0.2) is 6.33 Å². The molecule has 1 aromatic heterocycles. The SMILES string of the molecule is CSCCNC(=O)CCn1cnc([N+](=O)[O-])n1. The molecule has 1 amide bonds. The molecule has 0 aliphatic heterocycles. The van der Waals surface area contributed by atoms with Crippen molar-refractivity contribution in [2.45, 2.75) is 13.0 Å². The van der Waals surface area contributed by atoms with Gasteiger partial charge in [0, 0.05) is 23.8 Å². The van der Waals surface area contributed by atoms with Gasteiger partial charge in [0.2, 0.25) is 12.2 Å². The van der Waals surface area contributed by atoms with Crippen molar-refractivity contribution in [3.8, 4) is 0 Å². The van der Waals surface area contributed by atoms with Gasteiger partial charge in [-0.2, -0.15) is 16.4 Å². The standard InChI is InChI=1S/C8H13N5O3S/c1-17-5-3-9-7(14)2-4-12-6-10-8(11-12)13(15)16/h6H,2-5H2,1H3,(H,9,14). The van der Waals surface area contributed by atoms with Crippen LogP contribution >= 0.6 is 11.8 Å². The van der Waals surface area contributed by atoms with E-state index in [1.165, 1.54) is 11.0 Å². The van der Waals surface area contributed by atoms with Crippen LogP contribution < -0.4 is 5.32 Å². The molecule has 0 fully saturated rings. The molecule has 0 spiro atoms. The molecule has 0 aliphatic rings. The van der Waals surface area contributed by atoms with E-state index in [4.69, 9.17) is 0 Å². The Labute approximate surface area is 102 Å². The average Bonchev–Trinajstić information content (AvgIpc) is 2.75. The predicted molar refractivity (Wildman–Crippen MR) is 62.7 cm³/mol. The third-order valence-corrected chi connectivity index (χ3v) is 2.50. The molecule has 0 saturated carbocycles. The number of thioether (sulfide) groups is 1. The Hall–Kier alpha value is -1.64. The minimum absolute atomic E-state index is 0.0998. The van der Waals surface area contributed by atoms with E-state index < -0.39 is 10.9 Å². The Morgan fingerprint density at radius 2 is 2.47 bits per heavy atom. The molecule has 0 unspecified atom stereocenters. The fraction of sp³-hybridized carbons (Fsp3) is 0.625. The van der Waals surface area contributed by atoms with E-state index in [1.54, 1.807) is 11.8 Å². The smallest absolute Gasteiger partial charge is 0.390 e. The van der Waals surface area contributed by atoms with Crippen LogP contribution in [-0.4, -0.2) is 44.1 Å². The molecule has 1 N–H and O–H groups in total. The van der Waals surface area contributed by atoms with Gasteiger partial charge in [0.15, 0.2) is 0 Å². The predicted octanol–water partition coefficient (Wildman–Crippen LogP) is 0.0556. The molecule has 1 aromatic rings. The second kappa shape index (κ2) is 6.84. The molecule has 1 heterocycles. The second-order valence-electron chi connectivity index (χ2n) is 3.16. The minimum Gasteiger partial charge on any atom is -0.390 e. The van der Waals surface area contributed by atoms with E-state index in [1.807, 2.05) is 6.26 Å². The minimum atomic E-state index is -0.672. The quantitative estimate of drug-likeness (QED) is 0.422. The maximum atomic E-state index is 11.3. The summed E-state index contributed by atoms with van der Waals surface area (Å²) in [6, 6.07) is 0. The number of rotatable bonds is 7. The molecule has 0 saturated heterocycles. The van der Waals surface area contributed by atoms with Gasteiger partial charge in [-0.3, -0.25) is 4.79 Å². The van der Waals surface area contributed by atoms with Crippen molar-refractivity contribution in [2.24, 2.45) is 0 Å². The molecule has 17 heavy (non-hydrogen) atoms. The number of nitrogens with one attached hydrogen (secondary N) is 1. The number of aromatic nitrogens is 3. The summed E-state index contributed by atoms with van der Waals surface area (Å²) < 4.78 is 1.28. The van der Waals surface area contributed by atoms with Gasteiger partial charge in [-0.25, -0.2) is 0 Å². The van der Waals surface area contributed by atoms with E-state index in [0.717, 1.165) is 5.75 Å². The summed E-state index contributed by atoms with van der Waals surface area (Å²) in [6.45, 7) is 0.906. The summed E-state index contributed by atoms with van der Waals surface area (Å²) in [5.74, 6) is 0.311. The zero-order valence-electron chi connectivity index (χ0n) is 9.33. The van der Waals surface area contributed by atoms with Crippen LogP contribution in [-0.2, 0) is 11.3 Å². The zero-order chi connectivity index (χ0) is 12.7. The Bertz CT molecular complexity index is 394. The first kappa shape index (κ1) is 13.4. The second-order valence-corrected chi connectivity index (χ2v) is 4.14. The largest absolute Gasteiger partial charge is 0.490 e. The molecule has 0 aliphatic carbocycles. The van der Waals surface area contributed by atoms with E-state index in [9.17, 15) is 14.9 Å². The van der Waals surface area contributed by atoms with Crippen molar-refractivity contribution in [3.05, 3.63) is 16.4 Å². The zero-order valence-corrected chi connectivity index (χ0v) is 10.1. The fourth-order valence-corrected chi connectivity index (χ4v) is 1.38. The van der Waals surface area contributed by atoms with Gasteiger partial charge in [-0.1, -0.05) is 4.98 Å². The first-order valence-electron chi connectivity index (χ1n) is 4.93. The topological polar surface area (TPSA) is 103 Å². The average molecular weight is 259 g/mol. The maximum Gasteiger partial charge on any atom is 0.490 e. The number of nitrogens with zero attached hydrogens (tertiary/aromatic N) is 4. The maximum absolute atomic E-state index is 11.3. The Morgan fingerprint density at radius 3 is 3.06 bits per heavy atom. The molecule has 9 heteroatoms. The first-order valence-corrected chi connectivity index (χ1v) is 6.32. The van der Waals surface area contributed by atoms with Crippen molar-refractivity contribution in [3.63, 3.8) is 0 Å². The Kier molecular flexibility index (Phi) is 5.40. The highest BCUT2D eigenvalue weighted by molar-refractivity contribution is 7.98. The van der Waals surface area contributed by atoms with Crippen molar-refractivity contribution < 1.29 is 9.72 Å². The Morgan fingerprint density at radius 1 is 1.71 bits per heavy atom. The van der Waals surface area contributed by atoms with Crippen LogP contribution in [0.25, 0.3) is 0 Å². The summed E-state index contributed by atoms with van der Waals surface area (Å²) in [6.07, 6.45) is 3.43. The van der Waals surface area contributed by atoms with E-state index in [2.05, 4.69) is 15.4 Å². The van der Waals surface area contributed by atoms with Crippen LogP contribution in [0, 0.1) is 10.1 Å². The van der Waals surface area contributed by atoms with Crippen molar-refractivity contribution in [1.29, 1.82) is 0 Å². The molecule has 0 radical (unpaired) electrons. The van der Waals surface area contributed by atoms with Gasteiger partial charge in [-0.15, -0.1) is 0 Å². The van der Waals surface area contributed by atoms with Crippen LogP contribution in [0.5, 0.6) is 0 Å². The van der Waals surface area contributed by atoms with Crippen LogP contribution in [0.2, 0.25) is 0 Å². The van der Waals surface area contributed by atoms with Gasteiger partial charge < -0.3 is 15.4 Å². The van der Waals surface area contributed by atoms with Crippen molar-refractivity contribution in [2.75, 3.05) is 18.6 Å². The van der Waals surface area contributed by atoms with Gasteiger partial charge in [0.25, 0.3) is 0 Å². The number of carbonyl (C=O) groups excluding carboxylic acids is 1. The monoisotopic (exact) mass is 259 g/mol. The van der Waals surface area contributed by atoms with Crippen LogP contribution in [0.3, 0.4) is 0 Å². The van der Waals surface area contributed by atoms with E-state index in [0.29, 0.717) is 6.54 Å². The molecule has 0 aromatic carbocycles. The number of amides is 1. The van der Waals surface area contributed by atoms with Crippen LogP contribution in [0.4, 0.5) is 5.95 Å². The number of aryl methyl sites for hydroxylation is 1. The highest BCUT2D eigenvalue weighted by Crippen LogP contribution is 2.00. The highest BCUT2D eigenvalue weighted by atomic mass is 32.2. The van der Waals surface area contributed by atoms with Gasteiger partial charge in [0.05, 0.1) is 6.54 Å². The third-order valence-electron chi connectivity index (χ3n) is 1.88. The molecular weight excluding hydrogens is 246 g/mol. The van der Waals surface area contributed by atoms with E-state index in [-0.39, 0.29) is 18.9 Å². The molecule has 94 valence electrons. The van der Waals surface area contributed by atoms with Crippen molar-refractivity contribution in [1.82, 2.24) is 20.1 Å². The molecule has 1 rings (SSSR count). The highest BCUT2D eigenvalue weighted by Gasteiger charge is 2.13. The van der Waals surface area contributed by atoms with Gasteiger partial charge >= 0.3 is 5.95 Å². The summed E-state index contributed by atoms with van der Waals surface area (Å²) in [7, 11) is 0. The molecule has 0 atom stereocenters. The Balaban J connectivity index is 2.29. The third kappa shape index (κ3) is 4.81. The number of carbonyl (C=O) groups is 1. The molecular formula is C8H13N5O3S. The van der Waals surface area contributed by atoms with Crippen molar-refractivity contribution >= 4 is 23.6 Å².